The Bertz CT molecular complexity index is 892. The molecule has 1 aromatic heterocycles. The molecule has 1 aromatic carbocycles. The number of nitrogens with zero attached hydrogens (tertiary/aromatic N) is 1. The molecular weight excluding hydrogens is 336 g/mol. The van der Waals surface area contributed by atoms with Crippen LogP contribution in [-0.2, 0) is 21.8 Å². The van der Waals surface area contributed by atoms with E-state index in [9.17, 15) is 18.3 Å². The molecule has 0 radical (unpaired) electrons. The quantitative estimate of drug-likeness (QED) is 0.792. The third-order valence-electron chi connectivity index (χ3n) is 4.60. The normalized spacial score (nSPS) is 18.1. The van der Waals surface area contributed by atoms with E-state index in [2.05, 4.69) is 4.72 Å². The third kappa shape index (κ3) is 3.12. The second kappa shape index (κ2) is 6.32. The number of hydrogen-bond donors (Lipinski definition) is 2. The molecule has 2 N–H and O–H groups in total. The minimum absolute atomic E-state index is 0.0181. The molecule has 2 heterocycles. The highest BCUT2D eigenvalue weighted by Gasteiger charge is 2.33. The van der Waals surface area contributed by atoms with Gasteiger partial charge in [0.05, 0.1) is 17.0 Å². The minimum Gasteiger partial charge on any atom is -0.408 e. The van der Waals surface area contributed by atoms with Crippen LogP contribution in [0.2, 0.25) is 0 Å². The van der Waals surface area contributed by atoms with E-state index >= 15 is 0 Å². The summed E-state index contributed by atoms with van der Waals surface area (Å²) < 4.78 is 39.2. The molecule has 0 saturated carbocycles. The number of hydrogen-bond acceptors (Lipinski definition) is 6. The summed E-state index contributed by atoms with van der Waals surface area (Å²) in [5.74, 6) is -0.547. The van der Waals surface area contributed by atoms with Crippen LogP contribution in [0.15, 0.2) is 32.3 Å². The van der Waals surface area contributed by atoms with Gasteiger partial charge >= 0.3 is 5.76 Å². The molecule has 0 spiro atoms. The van der Waals surface area contributed by atoms with Gasteiger partial charge in [-0.15, -0.1) is 0 Å². The molecule has 0 aliphatic carbocycles. The van der Waals surface area contributed by atoms with E-state index in [1.54, 1.807) is 7.05 Å². The Kier molecular flexibility index (Phi) is 4.52. The van der Waals surface area contributed by atoms with E-state index in [1.807, 2.05) is 0 Å². The monoisotopic (exact) mass is 356 g/mol. The fraction of sp³-hybridized carbons (Fsp3) is 0.533. The molecule has 24 heavy (non-hydrogen) atoms. The van der Waals surface area contributed by atoms with E-state index in [4.69, 9.17) is 9.15 Å². The van der Waals surface area contributed by atoms with Crippen molar-refractivity contribution in [2.75, 3.05) is 26.4 Å². The lowest BCUT2D eigenvalue weighted by Gasteiger charge is -2.35. The zero-order valence-electron chi connectivity index (χ0n) is 13.3. The Morgan fingerprint density at radius 3 is 2.71 bits per heavy atom. The molecule has 1 fully saturated rings. The number of rotatable bonds is 5. The maximum atomic E-state index is 12.5. The first-order chi connectivity index (χ1) is 11.4. The number of ether oxygens (including phenoxy) is 1. The number of aliphatic hydroxyl groups is 1. The van der Waals surface area contributed by atoms with Gasteiger partial charge in [-0.1, -0.05) is 0 Å². The van der Waals surface area contributed by atoms with Gasteiger partial charge in [-0.3, -0.25) is 4.57 Å². The Balaban J connectivity index is 1.83. The summed E-state index contributed by atoms with van der Waals surface area (Å²) in [6.07, 6.45) is 1.19. The zero-order chi connectivity index (χ0) is 17.4. The summed E-state index contributed by atoms with van der Waals surface area (Å²) in [6.45, 7) is 1.03. The maximum Gasteiger partial charge on any atom is 0.419 e. The fourth-order valence-electron chi connectivity index (χ4n) is 2.81. The average Bonchev–Trinajstić information content (AvgIpc) is 2.88. The lowest BCUT2D eigenvalue weighted by Crippen LogP contribution is -2.43. The van der Waals surface area contributed by atoms with Crippen LogP contribution in [-0.4, -0.2) is 44.5 Å². The average molecular weight is 356 g/mol. The van der Waals surface area contributed by atoms with Crippen molar-refractivity contribution < 1.29 is 22.7 Å². The highest BCUT2D eigenvalue weighted by molar-refractivity contribution is 7.89. The van der Waals surface area contributed by atoms with Crippen molar-refractivity contribution in [1.82, 2.24) is 9.29 Å². The number of aromatic nitrogens is 1. The van der Waals surface area contributed by atoms with Crippen LogP contribution in [0.1, 0.15) is 12.8 Å². The molecule has 8 nitrogen and oxygen atoms in total. The number of benzene rings is 1. The van der Waals surface area contributed by atoms with Crippen molar-refractivity contribution in [1.29, 1.82) is 0 Å². The highest BCUT2D eigenvalue weighted by Crippen LogP contribution is 2.29. The number of sulfonamides is 1. The van der Waals surface area contributed by atoms with Crippen molar-refractivity contribution >= 4 is 21.1 Å². The second-order valence-electron chi connectivity index (χ2n) is 6.15. The van der Waals surface area contributed by atoms with Crippen LogP contribution >= 0.6 is 0 Å². The van der Waals surface area contributed by atoms with Crippen LogP contribution < -0.4 is 10.5 Å². The second-order valence-corrected chi connectivity index (χ2v) is 7.92. The van der Waals surface area contributed by atoms with Crippen molar-refractivity contribution in [3.8, 4) is 0 Å². The lowest BCUT2D eigenvalue weighted by atomic mass is 9.81. The summed E-state index contributed by atoms with van der Waals surface area (Å²) in [7, 11) is -2.22. The predicted molar refractivity (Wildman–Crippen MR) is 86.2 cm³/mol. The first kappa shape index (κ1) is 17.2. The van der Waals surface area contributed by atoms with Crippen LogP contribution in [0, 0.1) is 5.41 Å². The van der Waals surface area contributed by atoms with E-state index < -0.39 is 21.2 Å². The number of aryl methyl sites for hydroxylation is 1. The van der Waals surface area contributed by atoms with E-state index in [-0.39, 0.29) is 23.6 Å². The number of aliphatic hydroxyl groups excluding tert-OH is 1. The Morgan fingerprint density at radius 2 is 2.04 bits per heavy atom. The molecule has 0 amide bonds. The summed E-state index contributed by atoms with van der Waals surface area (Å²) >= 11 is 0. The van der Waals surface area contributed by atoms with Gasteiger partial charge in [0.15, 0.2) is 5.58 Å². The first-order valence-corrected chi connectivity index (χ1v) is 9.13. The van der Waals surface area contributed by atoms with Gasteiger partial charge in [0.2, 0.25) is 10.0 Å². The summed E-state index contributed by atoms with van der Waals surface area (Å²) in [5.41, 5.74) is 0.234. The van der Waals surface area contributed by atoms with E-state index in [1.165, 1.54) is 22.8 Å². The molecular formula is C15H20N2O6S. The van der Waals surface area contributed by atoms with E-state index in [0.717, 1.165) is 0 Å². The predicted octanol–water partition coefficient (Wildman–Crippen LogP) is 0.199. The Hall–Kier alpha value is -1.68. The Labute approximate surface area is 139 Å². The molecule has 2 aromatic rings. The molecule has 9 heteroatoms. The van der Waals surface area contributed by atoms with Gasteiger partial charge in [0, 0.05) is 38.3 Å². The molecule has 0 bridgehead atoms. The lowest BCUT2D eigenvalue weighted by molar-refractivity contribution is -0.0126. The fourth-order valence-corrected chi connectivity index (χ4v) is 3.98. The van der Waals surface area contributed by atoms with Crippen molar-refractivity contribution in [2.45, 2.75) is 17.7 Å². The topological polar surface area (TPSA) is 111 Å². The largest absolute Gasteiger partial charge is 0.419 e. The number of nitrogens with one attached hydrogen (secondary N) is 1. The van der Waals surface area contributed by atoms with Crippen LogP contribution in [0.4, 0.5) is 0 Å². The van der Waals surface area contributed by atoms with Gasteiger partial charge in [0.25, 0.3) is 0 Å². The highest BCUT2D eigenvalue weighted by atomic mass is 32.2. The summed E-state index contributed by atoms with van der Waals surface area (Å²) in [4.78, 5) is 11.5. The van der Waals surface area contributed by atoms with Gasteiger partial charge in [0.1, 0.15) is 0 Å². The van der Waals surface area contributed by atoms with Gasteiger partial charge in [-0.2, -0.15) is 0 Å². The standard InChI is InChI=1S/C15H20N2O6S/c1-17-12-3-2-11(8-13(12)23-14(17)19)24(20,21)16-9-15(10-18)4-6-22-7-5-15/h2-3,8,16,18H,4-7,9-10H2,1H3. The number of oxazole rings is 1. The van der Waals surface area contributed by atoms with Crippen molar-refractivity contribution in [3.63, 3.8) is 0 Å². The van der Waals surface area contributed by atoms with Gasteiger partial charge in [-0.25, -0.2) is 17.9 Å². The summed E-state index contributed by atoms with van der Waals surface area (Å²) in [5, 5.41) is 9.64. The molecule has 1 aliphatic heterocycles. The first-order valence-electron chi connectivity index (χ1n) is 7.65. The van der Waals surface area contributed by atoms with Crippen LogP contribution in [0.3, 0.4) is 0 Å². The van der Waals surface area contributed by atoms with Crippen LogP contribution in [0.5, 0.6) is 0 Å². The maximum absolute atomic E-state index is 12.5. The Morgan fingerprint density at radius 1 is 1.33 bits per heavy atom. The summed E-state index contributed by atoms with van der Waals surface area (Å²) in [6, 6.07) is 4.29. The smallest absolute Gasteiger partial charge is 0.408 e. The molecule has 1 aliphatic rings. The molecule has 3 rings (SSSR count). The van der Waals surface area contributed by atoms with Crippen molar-refractivity contribution in [2.24, 2.45) is 12.5 Å². The zero-order valence-corrected chi connectivity index (χ0v) is 14.1. The van der Waals surface area contributed by atoms with Crippen molar-refractivity contribution in [3.05, 3.63) is 28.7 Å². The van der Waals surface area contributed by atoms with Gasteiger partial charge in [-0.05, 0) is 25.0 Å². The third-order valence-corrected chi connectivity index (χ3v) is 6.00. The molecule has 0 unspecified atom stereocenters. The SMILES string of the molecule is Cn1c(=O)oc2cc(S(=O)(=O)NCC3(CO)CCOCC3)ccc21. The van der Waals surface area contributed by atoms with E-state index in [0.29, 0.717) is 31.6 Å². The number of fused-ring (bicyclic) bond motifs is 1. The molecule has 1 saturated heterocycles. The molecule has 0 atom stereocenters. The molecule has 132 valence electrons. The van der Waals surface area contributed by atoms with Crippen LogP contribution in [0.25, 0.3) is 11.1 Å². The van der Waals surface area contributed by atoms with Gasteiger partial charge < -0.3 is 14.3 Å². The minimum atomic E-state index is -3.78.